The molecule has 0 saturated carbocycles. The van der Waals surface area contributed by atoms with Gasteiger partial charge in [0.15, 0.2) is 11.9 Å². The van der Waals surface area contributed by atoms with Crippen LogP contribution in [0, 0.1) is 0 Å². The summed E-state index contributed by atoms with van der Waals surface area (Å²) in [5.74, 6) is -3.14. The molecular weight excluding hydrogens is 658 g/mol. The largest absolute Gasteiger partial charge is 0.489 e. The molecule has 1 saturated heterocycles. The molecule has 3 aromatic carbocycles. The zero-order valence-electron chi connectivity index (χ0n) is 27.1. The first-order valence-corrected chi connectivity index (χ1v) is 16.6. The highest BCUT2D eigenvalue weighted by Gasteiger charge is 2.54. The molecule has 3 aromatic rings. The van der Waals surface area contributed by atoms with Crippen molar-refractivity contribution in [1.82, 2.24) is 14.1 Å². The normalized spacial score (nSPS) is 17.4. The molecule has 2 heterocycles. The van der Waals surface area contributed by atoms with E-state index in [0.29, 0.717) is 10.6 Å². The Morgan fingerprint density at radius 1 is 1.00 bits per heavy atom. The summed E-state index contributed by atoms with van der Waals surface area (Å²) in [6.45, 7) is 3.57. The van der Waals surface area contributed by atoms with E-state index in [9.17, 15) is 32.7 Å². The van der Waals surface area contributed by atoms with E-state index in [4.69, 9.17) is 14.2 Å². The van der Waals surface area contributed by atoms with Crippen molar-refractivity contribution in [1.29, 1.82) is 0 Å². The first kappa shape index (κ1) is 34.8. The number of methoxy groups -OCH3 is 1. The van der Waals surface area contributed by atoms with Gasteiger partial charge in [0.1, 0.15) is 16.4 Å². The molecule has 15 nitrogen and oxygen atoms in total. The van der Waals surface area contributed by atoms with E-state index < -0.39 is 51.9 Å². The van der Waals surface area contributed by atoms with Crippen molar-refractivity contribution in [3.8, 4) is 11.5 Å². The van der Waals surface area contributed by atoms with Crippen molar-refractivity contribution in [2.75, 3.05) is 32.6 Å². The number of hydrogen-bond donors (Lipinski definition) is 2. The van der Waals surface area contributed by atoms with E-state index in [1.807, 2.05) is 0 Å². The van der Waals surface area contributed by atoms with E-state index in [1.165, 1.54) is 56.6 Å². The van der Waals surface area contributed by atoms with Gasteiger partial charge in [-0.05, 0) is 68.8 Å². The lowest BCUT2D eigenvalue weighted by Crippen LogP contribution is -2.59. The minimum Gasteiger partial charge on any atom is -0.489 e. The fourth-order valence-electron chi connectivity index (χ4n) is 5.27. The number of ether oxygens (including phenoxy) is 3. The van der Waals surface area contributed by atoms with Gasteiger partial charge in [-0.3, -0.25) is 18.8 Å². The topological polar surface area (TPSA) is 184 Å². The number of likely N-dealkylation sites (N-methyl/N-ethyl adjacent to an activating group) is 1. The minimum atomic E-state index is -4.34. The number of anilines is 1. The molecule has 0 radical (unpaired) electrons. The number of sulfonamides is 1. The number of carbonyl (C=O) groups is 4. The fraction of sp³-hybridized carbons (Fsp3) is 0.303. The Morgan fingerprint density at radius 2 is 1.67 bits per heavy atom. The van der Waals surface area contributed by atoms with E-state index in [1.54, 1.807) is 44.2 Å². The predicted octanol–water partition coefficient (Wildman–Crippen LogP) is 3.55. The van der Waals surface area contributed by atoms with Gasteiger partial charge in [-0.2, -0.15) is 0 Å². The summed E-state index contributed by atoms with van der Waals surface area (Å²) in [5.41, 5.74) is 0.191. The molecule has 2 atom stereocenters. The molecule has 1 fully saturated rings. The van der Waals surface area contributed by atoms with E-state index in [2.05, 4.69) is 10.3 Å². The lowest BCUT2D eigenvalue weighted by Gasteiger charge is -2.35. The van der Waals surface area contributed by atoms with Gasteiger partial charge in [-0.15, -0.1) is 0 Å². The number of nitrogens with zero attached hydrogens (tertiary/aromatic N) is 4. The van der Waals surface area contributed by atoms with Crippen LogP contribution in [0.2, 0.25) is 0 Å². The van der Waals surface area contributed by atoms with Crippen LogP contribution in [-0.2, 0) is 24.3 Å². The molecule has 2 unspecified atom stereocenters. The van der Waals surface area contributed by atoms with Gasteiger partial charge in [0.05, 0.1) is 23.0 Å². The van der Waals surface area contributed by atoms with Crippen molar-refractivity contribution in [2.24, 2.45) is 4.99 Å². The smallest absolute Gasteiger partial charge is 0.335 e. The minimum absolute atomic E-state index is 0.0144. The molecule has 0 bridgehead atoms. The number of carbonyl (C=O) groups excluding carboxylic acids is 3. The molecule has 2 aliphatic rings. The van der Waals surface area contributed by atoms with Gasteiger partial charge in [0.25, 0.3) is 28.1 Å². The molecule has 258 valence electrons. The maximum Gasteiger partial charge on any atom is 0.335 e. The van der Waals surface area contributed by atoms with Gasteiger partial charge in [-0.25, -0.2) is 27.9 Å². The maximum absolute atomic E-state index is 14.4. The number of carboxylic acid groups (broad SMARTS) is 1. The van der Waals surface area contributed by atoms with Crippen LogP contribution >= 0.6 is 0 Å². The number of urea groups is 1. The van der Waals surface area contributed by atoms with Crippen LogP contribution in [0.5, 0.6) is 11.5 Å². The Balaban J connectivity index is 1.62. The van der Waals surface area contributed by atoms with Crippen molar-refractivity contribution < 1.29 is 46.9 Å². The Morgan fingerprint density at radius 3 is 2.35 bits per heavy atom. The number of aliphatic imine (C=N–C) groups is 1. The van der Waals surface area contributed by atoms with Gasteiger partial charge in [-0.1, -0.05) is 24.3 Å². The number of para-hydroxylation sites is 3. The number of carboxylic acids is 1. The SMILES string of the molecule is COCCCN1C(C(C(=O)Nc2ccccc2OC(C)C)N2C(=O)C(Oc3ccc(C(=O)O)cc3)N(C)C2=O)=Nc2ccccc2S1(=O)=O. The van der Waals surface area contributed by atoms with Crippen LogP contribution in [0.4, 0.5) is 16.2 Å². The van der Waals surface area contributed by atoms with Crippen molar-refractivity contribution in [3.05, 3.63) is 78.4 Å². The average molecular weight is 694 g/mol. The van der Waals surface area contributed by atoms with Crippen LogP contribution in [-0.4, -0.2) is 103 Å². The number of amides is 4. The van der Waals surface area contributed by atoms with Crippen LogP contribution < -0.4 is 14.8 Å². The Hall–Kier alpha value is -5.48. The number of aromatic carboxylic acids is 1. The molecule has 0 aliphatic carbocycles. The zero-order chi connectivity index (χ0) is 35.5. The average Bonchev–Trinajstić information content (AvgIpc) is 3.26. The summed E-state index contributed by atoms with van der Waals surface area (Å²) >= 11 is 0. The number of benzene rings is 3. The summed E-state index contributed by atoms with van der Waals surface area (Å²) in [4.78, 5) is 59.8. The second kappa shape index (κ2) is 14.3. The first-order chi connectivity index (χ1) is 23.3. The highest BCUT2D eigenvalue weighted by Crippen LogP contribution is 2.36. The van der Waals surface area contributed by atoms with Crippen LogP contribution in [0.15, 0.2) is 82.7 Å². The second-order valence-corrected chi connectivity index (χ2v) is 13.1. The lowest BCUT2D eigenvalue weighted by molar-refractivity contribution is -0.138. The van der Waals surface area contributed by atoms with Crippen LogP contribution in [0.1, 0.15) is 30.6 Å². The highest BCUT2D eigenvalue weighted by molar-refractivity contribution is 7.90. The van der Waals surface area contributed by atoms with E-state index in [-0.39, 0.29) is 53.3 Å². The van der Waals surface area contributed by atoms with Gasteiger partial charge >= 0.3 is 12.0 Å². The number of fused-ring (bicyclic) bond motifs is 1. The standard InChI is InChI=1S/C33H35N5O10S/c1-20(2)47-25-12-7-5-10-23(25)35-29(39)27(28-34-24-11-6-8-13-26(24)49(44,45)37(28)18-9-19-46-4)38-30(40)31(36(3)33(38)43)48-22-16-14-21(15-17-22)32(41)42/h5-8,10-17,20,27,31H,9,18-19H2,1-4H3,(H,35,39)(H,41,42). The van der Waals surface area contributed by atoms with Crippen LogP contribution in [0.25, 0.3) is 0 Å². The Kier molecular flexibility index (Phi) is 10.2. The Labute approximate surface area is 282 Å². The molecule has 0 aromatic heterocycles. The van der Waals surface area contributed by atoms with Crippen molar-refractivity contribution >= 4 is 51.0 Å². The lowest BCUT2D eigenvalue weighted by atomic mass is 10.1. The summed E-state index contributed by atoms with van der Waals surface area (Å²) in [6.07, 6.45) is -1.67. The monoisotopic (exact) mass is 693 g/mol. The third kappa shape index (κ3) is 7.05. The summed E-state index contributed by atoms with van der Waals surface area (Å²) in [5, 5.41) is 12.0. The molecule has 2 aliphatic heterocycles. The number of hydrogen-bond acceptors (Lipinski definition) is 10. The summed E-state index contributed by atoms with van der Waals surface area (Å²) in [6, 6.07) is 14.7. The third-order valence-electron chi connectivity index (χ3n) is 7.55. The summed E-state index contributed by atoms with van der Waals surface area (Å²) in [7, 11) is -1.61. The highest BCUT2D eigenvalue weighted by atomic mass is 32.2. The molecule has 5 rings (SSSR count). The van der Waals surface area contributed by atoms with Crippen molar-refractivity contribution in [2.45, 2.75) is 43.5 Å². The van der Waals surface area contributed by atoms with Gasteiger partial charge < -0.3 is 24.6 Å². The third-order valence-corrected chi connectivity index (χ3v) is 9.40. The van der Waals surface area contributed by atoms with Gasteiger partial charge in [0.2, 0.25) is 0 Å². The van der Waals surface area contributed by atoms with Crippen LogP contribution in [0.3, 0.4) is 0 Å². The maximum atomic E-state index is 14.4. The Bertz CT molecular complexity index is 1900. The summed E-state index contributed by atoms with van der Waals surface area (Å²) < 4.78 is 45.9. The number of rotatable bonds is 13. The number of imide groups is 1. The van der Waals surface area contributed by atoms with Crippen molar-refractivity contribution in [3.63, 3.8) is 0 Å². The quantitative estimate of drug-likeness (QED) is 0.198. The molecule has 2 N–H and O–H groups in total. The molecule has 0 spiro atoms. The number of amidine groups is 1. The predicted molar refractivity (Wildman–Crippen MR) is 176 cm³/mol. The molecular formula is C33H35N5O10S. The zero-order valence-corrected chi connectivity index (χ0v) is 27.9. The van der Waals surface area contributed by atoms with E-state index >= 15 is 0 Å². The second-order valence-electron chi connectivity index (χ2n) is 11.3. The molecule has 16 heteroatoms. The molecule has 4 amide bonds. The molecule has 49 heavy (non-hydrogen) atoms. The fourth-order valence-corrected chi connectivity index (χ4v) is 6.89. The van der Waals surface area contributed by atoms with Gasteiger partial charge in [0, 0.05) is 27.3 Å². The number of nitrogens with one attached hydrogen (secondary N) is 1. The first-order valence-electron chi connectivity index (χ1n) is 15.2. The van der Waals surface area contributed by atoms with E-state index in [0.717, 1.165) is 9.21 Å².